The van der Waals surface area contributed by atoms with Gasteiger partial charge >= 0.3 is 0 Å². The number of carbonyl (C=O) groups excluding carboxylic acids is 1. The van der Waals surface area contributed by atoms with Gasteiger partial charge < -0.3 is 4.90 Å². The Morgan fingerprint density at radius 1 is 1.00 bits per heavy atom. The Morgan fingerprint density at radius 2 is 1.66 bits per heavy atom. The highest BCUT2D eigenvalue weighted by molar-refractivity contribution is 7.89. The maximum absolute atomic E-state index is 13.0. The van der Waals surface area contributed by atoms with E-state index in [2.05, 4.69) is 4.72 Å². The molecule has 6 heteroatoms. The molecule has 1 atom stereocenters. The van der Waals surface area contributed by atoms with Gasteiger partial charge in [-0.1, -0.05) is 62.1 Å². The fourth-order valence-corrected chi connectivity index (χ4v) is 5.20. The van der Waals surface area contributed by atoms with E-state index in [1.807, 2.05) is 44.3 Å². The van der Waals surface area contributed by atoms with Crippen molar-refractivity contribution in [3.8, 4) is 0 Å². The maximum atomic E-state index is 13.0. The van der Waals surface area contributed by atoms with Crippen molar-refractivity contribution in [2.75, 3.05) is 7.05 Å². The van der Waals surface area contributed by atoms with E-state index in [9.17, 15) is 13.2 Å². The molecule has 0 heterocycles. The van der Waals surface area contributed by atoms with Crippen LogP contribution < -0.4 is 4.72 Å². The van der Waals surface area contributed by atoms with Gasteiger partial charge in [0.25, 0.3) is 5.91 Å². The molecule has 0 bridgehead atoms. The molecule has 1 saturated carbocycles. The summed E-state index contributed by atoms with van der Waals surface area (Å²) in [5, 5.41) is 0. The summed E-state index contributed by atoms with van der Waals surface area (Å²) in [6.07, 6.45) is 6.73. The van der Waals surface area contributed by atoms with Gasteiger partial charge in [-0.3, -0.25) is 4.79 Å². The lowest BCUT2D eigenvalue weighted by Crippen LogP contribution is -2.37. The Hall–Kier alpha value is -2.18. The molecule has 156 valence electrons. The Bertz CT molecular complexity index is 920. The van der Waals surface area contributed by atoms with Crippen LogP contribution in [0.2, 0.25) is 0 Å². The summed E-state index contributed by atoms with van der Waals surface area (Å²) in [5.41, 5.74) is 1.29. The van der Waals surface area contributed by atoms with Gasteiger partial charge in [-0.2, -0.15) is 0 Å². The van der Waals surface area contributed by atoms with E-state index in [1.54, 1.807) is 17.0 Å². The van der Waals surface area contributed by atoms with Gasteiger partial charge in [-0.25, -0.2) is 13.1 Å². The van der Waals surface area contributed by atoms with Crippen molar-refractivity contribution in [2.45, 2.75) is 62.4 Å². The molecule has 1 unspecified atom stereocenters. The van der Waals surface area contributed by atoms with Crippen LogP contribution in [-0.2, 0) is 10.0 Å². The number of hydrogen-bond acceptors (Lipinski definition) is 3. The maximum Gasteiger partial charge on any atom is 0.253 e. The monoisotopic (exact) mass is 414 g/mol. The van der Waals surface area contributed by atoms with Gasteiger partial charge in [0, 0.05) is 24.7 Å². The van der Waals surface area contributed by atoms with Gasteiger partial charge in [-0.05, 0) is 43.5 Å². The van der Waals surface area contributed by atoms with Crippen molar-refractivity contribution in [3.63, 3.8) is 0 Å². The van der Waals surface area contributed by atoms with Crippen LogP contribution in [0.4, 0.5) is 0 Å². The fourth-order valence-electron chi connectivity index (χ4n) is 3.92. The van der Waals surface area contributed by atoms with E-state index < -0.39 is 10.0 Å². The van der Waals surface area contributed by atoms with E-state index >= 15 is 0 Å². The zero-order valence-electron chi connectivity index (χ0n) is 17.2. The predicted molar refractivity (Wildman–Crippen MR) is 115 cm³/mol. The molecule has 0 saturated heterocycles. The molecular weight excluding hydrogens is 384 g/mol. The highest BCUT2D eigenvalue weighted by Crippen LogP contribution is 2.23. The smallest absolute Gasteiger partial charge is 0.253 e. The molecule has 1 aliphatic carbocycles. The van der Waals surface area contributed by atoms with Crippen molar-refractivity contribution in [1.29, 1.82) is 0 Å². The lowest BCUT2D eigenvalue weighted by molar-refractivity contribution is 0.0717. The molecule has 2 aromatic rings. The molecule has 1 fully saturated rings. The van der Waals surface area contributed by atoms with Crippen molar-refractivity contribution in [2.24, 2.45) is 0 Å². The van der Waals surface area contributed by atoms with Crippen LogP contribution in [-0.4, -0.2) is 32.3 Å². The quantitative estimate of drug-likeness (QED) is 0.707. The number of nitrogens with zero attached hydrogens (tertiary/aromatic N) is 1. The summed E-state index contributed by atoms with van der Waals surface area (Å²) in [6.45, 7) is 1.81. The Balaban J connectivity index is 1.76. The number of hydrogen-bond donors (Lipinski definition) is 1. The van der Waals surface area contributed by atoms with Gasteiger partial charge in [-0.15, -0.1) is 0 Å². The first-order chi connectivity index (χ1) is 13.9. The van der Waals surface area contributed by atoms with Gasteiger partial charge in [0.2, 0.25) is 10.0 Å². The highest BCUT2D eigenvalue weighted by Gasteiger charge is 2.24. The lowest BCUT2D eigenvalue weighted by atomic mass is 10.1. The molecular formula is C23H30N2O3S. The highest BCUT2D eigenvalue weighted by atomic mass is 32.2. The van der Waals surface area contributed by atoms with Crippen molar-refractivity contribution in [3.05, 3.63) is 65.7 Å². The fraction of sp³-hybridized carbons (Fsp3) is 0.435. The topological polar surface area (TPSA) is 66.5 Å². The van der Waals surface area contributed by atoms with Gasteiger partial charge in [0.05, 0.1) is 4.90 Å². The Labute approximate surface area is 174 Å². The number of amides is 1. The first-order valence-corrected chi connectivity index (χ1v) is 11.8. The molecule has 1 N–H and O–H groups in total. The third-order valence-electron chi connectivity index (χ3n) is 5.72. The minimum absolute atomic E-state index is 0.111. The third kappa shape index (κ3) is 5.46. The third-order valence-corrected chi connectivity index (χ3v) is 7.25. The first kappa shape index (κ1) is 21.5. The molecule has 5 nitrogen and oxygen atoms in total. The largest absolute Gasteiger partial charge is 0.339 e. The summed E-state index contributed by atoms with van der Waals surface area (Å²) in [4.78, 5) is 14.9. The number of rotatable bonds is 6. The van der Waals surface area contributed by atoms with E-state index in [0.717, 1.165) is 31.2 Å². The Morgan fingerprint density at radius 3 is 2.31 bits per heavy atom. The normalized spacial score (nSPS) is 16.8. The minimum atomic E-state index is -3.74. The molecule has 0 aliphatic heterocycles. The second-order valence-electron chi connectivity index (χ2n) is 7.84. The van der Waals surface area contributed by atoms with Crippen molar-refractivity contribution < 1.29 is 13.2 Å². The summed E-state index contributed by atoms with van der Waals surface area (Å²) >= 11 is 0. The van der Waals surface area contributed by atoms with Crippen LogP contribution in [0.3, 0.4) is 0 Å². The molecule has 2 aromatic carbocycles. The summed E-state index contributed by atoms with van der Waals surface area (Å²) < 4.78 is 28.4. The number of carbonyl (C=O) groups is 1. The van der Waals surface area contributed by atoms with Gasteiger partial charge in [0.1, 0.15) is 0 Å². The molecule has 29 heavy (non-hydrogen) atoms. The number of nitrogens with one attached hydrogen (secondary N) is 1. The first-order valence-electron chi connectivity index (χ1n) is 10.3. The average molecular weight is 415 g/mol. The lowest BCUT2D eigenvalue weighted by Gasteiger charge is -2.27. The molecule has 1 aliphatic rings. The standard InChI is InChI=1S/C23H30N2O3S/c1-18(19-11-6-5-7-12-19)24-29(27,28)22-16-10-13-20(17-22)23(26)25(2)21-14-8-3-4-9-15-21/h5-7,10-13,16-18,21,24H,3-4,8-9,14-15H2,1-2H3. The van der Waals surface area contributed by atoms with Gasteiger partial charge in [0.15, 0.2) is 0 Å². The average Bonchev–Trinajstić information content (AvgIpc) is 3.02. The molecule has 0 aromatic heterocycles. The summed E-state index contributed by atoms with van der Waals surface area (Å²) in [6, 6.07) is 15.6. The van der Waals surface area contributed by atoms with Crippen LogP contribution in [0.5, 0.6) is 0 Å². The number of benzene rings is 2. The molecule has 0 spiro atoms. The van der Waals surface area contributed by atoms with E-state index in [0.29, 0.717) is 5.56 Å². The van der Waals surface area contributed by atoms with Crippen LogP contribution >= 0.6 is 0 Å². The van der Waals surface area contributed by atoms with Crippen molar-refractivity contribution in [1.82, 2.24) is 9.62 Å². The van der Waals surface area contributed by atoms with Crippen LogP contribution in [0.1, 0.15) is 67.4 Å². The van der Waals surface area contributed by atoms with Crippen molar-refractivity contribution >= 4 is 15.9 Å². The van der Waals surface area contributed by atoms with Crippen LogP contribution in [0.25, 0.3) is 0 Å². The SMILES string of the molecule is CC(NS(=O)(=O)c1cccc(C(=O)N(C)C2CCCCCC2)c1)c1ccccc1. The van der Waals surface area contributed by atoms with Crippen LogP contribution in [0, 0.1) is 0 Å². The number of sulfonamides is 1. The van der Waals surface area contributed by atoms with E-state index in [-0.39, 0.29) is 22.9 Å². The van der Waals surface area contributed by atoms with E-state index in [4.69, 9.17) is 0 Å². The molecule has 0 radical (unpaired) electrons. The summed E-state index contributed by atoms with van der Waals surface area (Å²) in [7, 11) is -1.91. The minimum Gasteiger partial charge on any atom is -0.339 e. The second-order valence-corrected chi connectivity index (χ2v) is 9.56. The second kappa shape index (κ2) is 9.55. The zero-order valence-corrected chi connectivity index (χ0v) is 18.0. The molecule has 3 rings (SSSR count). The summed E-state index contributed by atoms with van der Waals surface area (Å²) in [5.74, 6) is -0.120. The van der Waals surface area contributed by atoms with Crippen LogP contribution in [0.15, 0.2) is 59.5 Å². The molecule has 1 amide bonds. The predicted octanol–water partition coefficient (Wildman–Crippen LogP) is 4.52. The Kier molecular flexibility index (Phi) is 7.09. The van der Waals surface area contributed by atoms with E-state index in [1.165, 1.54) is 25.0 Å². The zero-order chi connectivity index (χ0) is 20.9.